The predicted octanol–water partition coefficient (Wildman–Crippen LogP) is 2.64. The van der Waals surface area contributed by atoms with Gasteiger partial charge in [-0.3, -0.25) is 0 Å². The molecule has 0 radical (unpaired) electrons. The van der Waals surface area contributed by atoms with E-state index >= 15 is 0 Å². The average molecular weight is 280 g/mol. The molecular weight excluding hydrogens is 269 g/mol. The van der Waals surface area contributed by atoms with E-state index in [1.165, 1.54) is 17.8 Å². The molecule has 0 aliphatic heterocycles. The van der Waals surface area contributed by atoms with Crippen molar-refractivity contribution < 1.29 is 9.50 Å². The number of aliphatic hydroxyl groups is 1. The lowest BCUT2D eigenvalue weighted by Crippen LogP contribution is -1.93. The highest BCUT2D eigenvalue weighted by atomic mass is 79.9. The summed E-state index contributed by atoms with van der Waals surface area (Å²) in [5, 5.41) is 8.60. The molecule has 1 aromatic rings. The summed E-state index contributed by atoms with van der Waals surface area (Å²) in [5.41, 5.74) is 6.07. The average Bonchev–Trinajstić information content (AvgIpc) is 2.14. The Morgan fingerprint density at radius 1 is 1.50 bits per heavy atom. The maximum Gasteiger partial charge on any atom is 0.139 e. The number of halogens is 2. The van der Waals surface area contributed by atoms with E-state index in [0.717, 1.165) is 10.6 Å². The van der Waals surface area contributed by atoms with Crippen LogP contribution in [0.5, 0.6) is 0 Å². The molecule has 0 saturated carbocycles. The van der Waals surface area contributed by atoms with Gasteiger partial charge in [0, 0.05) is 22.9 Å². The Morgan fingerprint density at radius 3 is 2.86 bits per heavy atom. The highest BCUT2D eigenvalue weighted by molar-refractivity contribution is 9.10. The minimum absolute atomic E-state index is 0.162. The normalized spacial score (nSPS) is 10.5. The van der Waals surface area contributed by atoms with Gasteiger partial charge in [-0.25, -0.2) is 4.39 Å². The van der Waals surface area contributed by atoms with Crippen molar-refractivity contribution >= 4 is 33.4 Å². The zero-order valence-electron chi connectivity index (χ0n) is 7.46. The molecule has 0 atom stereocenters. The van der Waals surface area contributed by atoms with Crippen molar-refractivity contribution in [1.29, 1.82) is 0 Å². The molecule has 0 unspecified atom stereocenters. The van der Waals surface area contributed by atoms with Crippen LogP contribution in [0, 0.1) is 5.82 Å². The van der Waals surface area contributed by atoms with E-state index in [0.29, 0.717) is 16.6 Å². The Bertz CT molecular complexity index is 322. The lowest BCUT2D eigenvalue weighted by Gasteiger charge is -2.06. The van der Waals surface area contributed by atoms with Crippen molar-refractivity contribution in [1.82, 2.24) is 0 Å². The molecule has 0 aromatic heterocycles. The van der Waals surface area contributed by atoms with Crippen LogP contribution >= 0.6 is 27.7 Å². The van der Waals surface area contributed by atoms with E-state index in [-0.39, 0.29) is 12.4 Å². The summed E-state index contributed by atoms with van der Waals surface area (Å²) in [6.07, 6.45) is 0.707. The third kappa shape index (κ3) is 3.15. The topological polar surface area (TPSA) is 46.2 Å². The molecule has 0 aliphatic rings. The summed E-state index contributed by atoms with van der Waals surface area (Å²) < 4.78 is 13.4. The maximum absolute atomic E-state index is 13.0. The number of nitrogen functional groups attached to an aromatic ring is 1. The molecule has 0 fully saturated rings. The van der Waals surface area contributed by atoms with E-state index in [2.05, 4.69) is 15.9 Å². The summed E-state index contributed by atoms with van der Waals surface area (Å²) in [6.45, 7) is 0.162. The number of hydrogen-bond acceptors (Lipinski definition) is 3. The third-order valence-corrected chi connectivity index (χ3v) is 3.38. The molecule has 2 nitrogen and oxygen atoms in total. The Morgan fingerprint density at radius 2 is 2.21 bits per heavy atom. The van der Waals surface area contributed by atoms with Gasteiger partial charge >= 0.3 is 0 Å². The van der Waals surface area contributed by atoms with E-state index in [1.807, 2.05) is 0 Å². The van der Waals surface area contributed by atoms with Crippen LogP contribution in [0.1, 0.15) is 6.42 Å². The SMILES string of the molecule is Nc1cc(F)c(Br)cc1SCCCO. The van der Waals surface area contributed by atoms with E-state index < -0.39 is 0 Å². The number of rotatable bonds is 4. The van der Waals surface area contributed by atoms with Crippen LogP contribution in [0.4, 0.5) is 10.1 Å². The van der Waals surface area contributed by atoms with Crippen molar-refractivity contribution in [2.45, 2.75) is 11.3 Å². The van der Waals surface area contributed by atoms with Crippen LogP contribution in [0.2, 0.25) is 0 Å². The highest BCUT2D eigenvalue weighted by Crippen LogP contribution is 2.30. The molecule has 14 heavy (non-hydrogen) atoms. The number of thioether (sulfide) groups is 1. The molecule has 3 N–H and O–H groups in total. The molecule has 1 rings (SSSR count). The fourth-order valence-electron chi connectivity index (χ4n) is 0.916. The van der Waals surface area contributed by atoms with E-state index in [1.54, 1.807) is 6.07 Å². The Kier molecular flexibility index (Phi) is 4.71. The van der Waals surface area contributed by atoms with Gasteiger partial charge in [0.2, 0.25) is 0 Å². The second kappa shape index (κ2) is 5.58. The summed E-state index contributed by atoms with van der Waals surface area (Å²) in [4.78, 5) is 0.840. The van der Waals surface area contributed by atoms with Crippen LogP contribution in [0.3, 0.4) is 0 Å². The second-order valence-electron chi connectivity index (χ2n) is 2.73. The Hall–Kier alpha value is -0.260. The number of hydrogen-bond donors (Lipinski definition) is 2. The van der Waals surface area contributed by atoms with Crippen molar-refractivity contribution in [2.75, 3.05) is 18.1 Å². The molecule has 0 aliphatic carbocycles. The minimum atomic E-state index is -0.353. The molecule has 5 heteroatoms. The fraction of sp³-hybridized carbons (Fsp3) is 0.333. The fourth-order valence-corrected chi connectivity index (χ4v) is 2.33. The van der Waals surface area contributed by atoms with Gasteiger partial charge in [-0.05, 0) is 34.5 Å². The van der Waals surface area contributed by atoms with Crippen molar-refractivity contribution in [3.8, 4) is 0 Å². The predicted molar refractivity (Wildman–Crippen MR) is 60.9 cm³/mol. The quantitative estimate of drug-likeness (QED) is 0.506. The van der Waals surface area contributed by atoms with Crippen molar-refractivity contribution in [2.24, 2.45) is 0 Å². The Balaban J connectivity index is 2.72. The van der Waals surface area contributed by atoms with Crippen LogP contribution in [-0.2, 0) is 0 Å². The molecule has 1 aromatic carbocycles. The van der Waals surface area contributed by atoms with Crippen LogP contribution in [0.25, 0.3) is 0 Å². The lowest BCUT2D eigenvalue weighted by molar-refractivity contribution is 0.296. The van der Waals surface area contributed by atoms with Crippen LogP contribution < -0.4 is 5.73 Å². The monoisotopic (exact) mass is 279 g/mol. The van der Waals surface area contributed by atoms with Gasteiger partial charge in [-0.1, -0.05) is 0 Å². The first-order valence-electron chi connectivity index (χ1n) is 4.13. The summed E-state index contributed by atoms with van der Waals surface area (Å²) in [6, 6.07) is 2.96. The van der Waals surface area contributed by atoms with E-state index in [4.69, 9.17) is 10.8 Å². The van der Waals surface area contributed by atoms with Gasteiger partial charge in [0.25, 0.3) is 0 Å². The number of benzene rings is 1. The van der Waals surface area contributed by atoms with Crippen molar-refractivity contribution in [3.63, 3.8) is 0 Å². The minimum Gasteiger partial charge on any atom is -0.398 e. The summed E-state index contributed by atoms with van der Waals surface area (Å²) in [7, 11) is 0. The first kappa shape index (κ1) is 11.8. The highest BCUT2D eigenvalue weighted by Gasteiger charge is 2.05. The first-order chi connectivity index (χ1) is 6.65. The molecule has 0 spiro atoms. The summed E-state index contributed by atoms with van der Waals surface area (Å²) >= 11 is 4.61. The molecular formula is C9H11BrFNOS. The zero-order valence-corrected chi connectivity index (χ0v) is 9.87. The molecule has 0 heterocycles. The third-order valence-electron chi connectivity index (χ3n) is 1.61. The largest absolute Gasteiger partial charge is 0.398 e. The maximum atomic E-state index is 13.0. The number of aliphatic hydroxyl groups excluding tert-OH is 1. The smallest absolute Gasteiger partial charge is 0.139 e. The van der Waals surface area contributed by atoms with Gasteiger partial charge in [-0.15, -0.1) is 11.8 Å². The molecule has 0 saturated heterocycles. The standard InChI is InChI=1S/C9H11BrFNOS/c10-6-4-9(14-3-1-2-13)8(12)5-7(6)11/h4-5,13H,1-3,12H2. The molecule has 0 bridgehead atoms. The van der Waals surface area contributed by atoms with Gasteiger partial charge in [-0.2, -0.15) is 0 Å². The Labute approximate surface area is 94.8 Å². The summed E-state index contributed by atoms with van der Waals surface area (Å²) in [5.74, 6) is 0.424. The van der Waals surface area contributed by atoms with Crippen molar-refractivity contribution in [3.05, 3.63) is 22.4 Å². The van der Waals surface area contributed by atoms with Gasteiger partial charge < -0.3 is 10.8 Å². The van der Waals surface area contributed by atoms with Crippen LogP contribution in [-0.4, -0.2) is 17.5 Å². The van der Waals surface area contributed by atoms with Gasteiger partial charge in [0.05, 0.1) is 4.47 Å². The first-order valence-corrected chi connectivity index (χ1v) is 5.91. The lowest BCUT2D eigenvalue weighted by atomic mass is 10.3. The molecule has 78 valence electrons. The van der Waals surface area contributed by atoms with Gasteiger partial charge in [0.15, 0.2) is 0 Å². The van der Waals surface area contributed by atoms with Gasteiger partial charge in [0.1, 0.15) is 5.82 Å². The molecule has 0 amide bonds. The second-order valence-corrected chi connectivity index (χ2v) is 4.72. The zero-order chi connectivity index (χ0) is 10.6. The number of anilines is 1. The van der Waals surface area contributed by atoms with E-state index in [9.17, 15) is 4.39 Å². The number of nitrogens with two attached hydrogens (primary N) is 1. The van der Waals surface area contributed by atoms with Crippen LogP contribution in [0.15, 0.2) is 21.5 Å².